The number of nitrogens with one attached hydrogen (secondary N) is 1. The number of hydrogen-bond donors (Lipinski definition) is 1. The van der Waals surface area contributed by atoms with Crippen molar-refractivity contribution < 1.29 is 4.11 Å². The Kier molecular flexibility index (Phi) is 2.85. The second-order valence-corrected chi connectivity index (χ2v) is 3.73. The number of aromatic amines is 1. The number of benzene rings is 1. The quantitative estimate of drug-likeness (QED) is 0.799. The first-order chi connectivity index (χ1) is 8.41. The van der Waals surface area contributed by atoms with E-state index in [1.165, 1.54) is 6.33 Å². The summed E-state index contributed by atoms with van der Waals surface area (Å²) in [5.74, 6) is -0.653. The first-order valence-corrected chi connectivity index (χ1v) is 4.95. The van der Waals surface area contributed by atoms with E-state index >= 15 is 0 Å². The molecule has 0 aliphatic rings. The largest absolute Gasteiger partial charge is 0.348 e. The Balaban J connectivity index is 0.00000180. The third-order valence-corrected chi connectivity index (χ3v) is 2.79. The number of aryl methyl sites for hydroxylation is 1. The number of rotatable bonds is 2. The third-order valence-electron chi connectivity index (χ3n) is 2.79. The van der Waals surface area contributed by atoms with E-state index in [-0.39, 0.29) is 12.4 Å². The van der Waals surface area contributed by atoms with E-state index in [2.05, 4.69) is 9.97 Å². The van der Waals surface area contributed by atoms with Gasteiger partial charge in [-0.3, -0.25) is 0 Å². The zero-order valence-corrected chi connectivity index (χ0v) is 10.1. The van der Waals surface area contributed by atoms with Crippen LogP contribution in [0.15, 0.2) is 30.7 Å². The monoisotopic (exact) mass is 240 g/mol. The normalized spacial score (nSPS) is 15.5. The number of H-pyrrole nitrogens is 1. The Morgan fingerprint density at radius 3 is 2.81 bits per heavy atom. The standard InChI is InChI=1S/C13H16N2.ClH/c1-9-5-4-6-12(10(9)2)11(3)13-7-14-8-15-13;/h4-8,11H,1-3H3,(H,14,15);1H/t11-;/m1./s1/i3+1D3;. The fourth-order valence-corrected chi connectivity index (χ4v) is 1.68. The lowest BCUT2D eigenvalue weighted by Gasteiger charge is -2.14. The van der Waals surface area contributed by atoms with Crippen LogP contribution in [0.5, 0.6) is 0 Å². The van der Waals surface area contributed by atoms with Gasteiger partial charge in [-0.05, 0) is 30.5 Å². The number of aromatic nitrogens is 2. The van der Waals surface area contributed by atoms with E-state index in [9.17, 15) is 0 Å². The average molecular weight is 241 g/mol. The molecule has 1 N–H and O–H groups in total. The summed E-state index contributed by atoms with van der Waals surface area (Å²) in [5.41, 5.74) is 3.58. The Morgan fingerprint density at radius 1 is 1.38 bits per heavy atom. The predicted molar refractivity (Wildman–Crippen MR) is 69.3 cm³/mol. The van der Waals surface area contributed by atoms with Gasteiger partial charge in [0.15, 0.2) is 0 Å². The lowest BCUT2D eigenvalue weighted by molar-refractivity contribution is 0.871. The molecule has 0 amide bonds. The molecule has 0 saturated carbocycles. The van der Waals surface area contributed by atoms with Crippen molar-refractivity contribution in [3.05, 3.63) is 53.1 Å². The molecule has 0 spiro atoms. The third kappa shape index (κ3) is 2.27. The van der Waals surface area contributed by atoms with Crippen LogP contribution in [0.3, 0.4) is 0 Å². The van der Waals surface area contributed by atoms with Gasteiger partial charge in [0.2, 0.25) is 0 Å². The van der Waals surface area contributed by atoms with E-state index in [4.69, 9.17) is 4.11 Å². The van der Waals surface area contributed by atoms with E-state index in [1.807, 2.05) is 32.0 Å². The SMILES string of the molecule is Cl.[2H][13C]([2H])([2H])[C@@H](c1cnc[nH]1)c1cccc(C)c1C. The van der Waals surface area contributed by atoms with Crippen molar-refractivity contribution in [3.8, 4) is 0 Å². The number of hydrogen-bond acceptors (Lipinski definition) is 1. The summed E-state index contributed by atoms with van der Waals surface area (Å²) < 4.78 is 23.3. The Morgan fingerprint density at radius 2 is 2.19 bits per heavy atom. The molecule has 0 bridgehead atoms. The highest BCUT2D eigenvalue weighted by atomic mass is 35.5. The van der Waals surface area contributed by atoms with Crippen LogP contribution >= 0.6 is 12.4 Å². The number of nitrogens with zero attached hydrogens (tertiary/aromatic N) is 1. The van der Waals surface area contributed by atoms with Crippen LogP contribution in [0.2, 0.25) is 0 Å². The fraction of sp³-hybridized carbons (Fsp3) is 0.308. The molecule has 16 heavy (non-hydrogen) atoms. The average Bonchev–Trinajstić information content (AvgIpc) is 2.76. The molecule has 1 heterocycles. The van der Waals surface area contributed by atoms with Gasteiger partial charge in [-0.1, -0.05) is 25.1 Å². The van der Waals surface area contributed by atoms with Gasteiger partial charge in [-0.15, -0.1) is 12.4 Å². The van der Waals surface area contributed by atoms with E-state index < -0.39 is 12.8 Å². The topological polar surface area (TPSA) is 28.7 Å². The summed E-state index contributed by atoms with van der Waals surface area (Å²) >= 11 is 0. The van der Waals surface area contributed by atoms with Crippen LogP contribution in [-0.4, -0.2) is 9.97 Å². The summed E-state index contributed by atoms with van der Waals surface area (Å²) in [6.07, 6.45) is 3.10. The Hall–Kier alpha value is -1.28. The molecule has 0 aliphatic carbocycles. The van der Waals surface area contributed by atoms with Gasteiger partial charge in [0, 0.05) is 21.9 Å². The minimum absolute atomic E-state index is 0. The molecular formula is C13H17ClN2. The number of imidazole rings is 1. The van der Waals surface area contributed by atoms with Crippen molar-refractivity contribution in [2.75, 3.05) is 0 Å². The van der Waals surface area contributed by atoms with Crippen LogP contribution in [0, 0.1) is 13.8 Å². The molecule has 0 aliphatic heterocycles. The first-order valence-electron chi connectivity index (χ1n) is 6.45. The highest BCUT2D eigenvalue weighted by molar-refractivity contribution is 5.85. The molecule has 1 aromatic heterocycles. The van der Waals surface area contributed by atoms with Crippen LogP contribution < -0.4 is 0 Å². The van der Waals surface area contributed by atoms with Gasteiger partial charge in [0.05, 0.1) is 6.33 Å². The molecular weight excluding hydrogens is 221 g/mol. The molecule has 2 aromatic rings. The molecule has 0 fully saturated rings. The Bertz CT molecular complexity index is 535. The van der Waals surface area contributed by atoms with Crippen molar-refractivity contribution in [2.24, 2.45) is 0 Å². The van der Waals surface area contributed by atoms with Crippen molar-refractivity contribution >= 4 is 12.4 Å². The van der Waals surface area contributed by atoms with E-state index in [0.29, 0.717) is 5.69 Å². The molecule has 2 nitrogen and oxygen atoms in total. The highest BCUT2D eigenvalue weighted by Crippen LogP contribution is 2.26. The molecule has 3 heteroatoms. The maximum atomic E-state index is 7.76. The minimum Gasteiger partial charge on any atom is -0.348 e. The molecule has 86 valence electrons. The minimum atomic E-state index is -2.09. The molecule has 0 radical (unpaired) electrons. The van der Waals surface area contributed by atoms with Crippen LogP contribution in [-0.2, 0) is 0 Å². The van der Waals surface area contributed by atoms with Crippen LogP contribution in [0.4, 0.5) is 0 Å². The summed E-state index contributed by atoms with van der Waals surface area (Å²) in [5, 5.41) is 0. The van der Waals surface area contributed by atoms with Gasteiger partial charge in [0.1, 0.15) is 0 Å². The molecule has 0 saturated heterocycles. The smallest absolute Gasteiger partial charge is 0.0921 e. The molecule has 1 atom stereocenters. The van der Waals surface area contributed by atoms with Crippen molar-refractivity contribution in [1.82, 2.24) is 9.97 Å². The Labute approximate surface area is 107 Å². The van der Waals surface area contributed by atoms with Crippen LogP contribution in [0.25, 0.3) is 0 Å². The van der Waals surface area contributed by atoms with Gasteiger partial charge in [-0.25, -0.2) is 4.98 Å². The zero-order chi connectivity index (χ0) is 13.3. The number of halogens is 1. The van der Waals surface area contributed by atoms with Gasteiger partial charge in [0.25, 0.3) is 0 Å². The van der Waals surface area contributed by atoms with Gasteiger partial charge >= 0.3 is 0 Å². The predicted octanol–water partition coefficient (Wildman–Crippen LogP) is 3.60. The van der Waals surface area contributed by atoms with Crippen molar-refractivity contribution in [3.63, 3.8) is 0 Å². The molecule has 0 unspecified atom stereocenters. The first kappa shape index (κ1) is 8.82. The van der Waals surface area contributed by atoms with Crippen molar-refractivity contribution in [2.45, 2.75) is 26.6 Å². The maximum absolute atomic E-state index is 7.76. The van der Waals surface area contributed by atoms with E-state index in [0.717, 1.165) is 16.7 Å². The van der Waals surface area contributed by atoms with E-state index in [1.54, 1.807) is 6.20 Å². The lowest BCUT2D eigenvalue weighted by Crippen LogP contribution is -2.00. The fourth-order valence-electron chi connectivity index (χ4n) is 1.68. The van der Waals surface area contributed by atoms with Gasteiger partial charge in [-0.2, -0.15) is 0 Å². The zero-order valence-electron chi connectivity index (χ0n) is 12.3. The second-order valence-electron chi connectivity index (χ2n) is 3.73. The highest BCUT2D eigenvalue weighted by Gasteiger charge is 2.12. The summed E-state index contributed by atoms with van der Waals surface area (Å²) in [6, 6.07) is 5.76. The molecule has 2 rings (SSSR count). The molecule has 1 aromatic carbocycles. The van der Waals surface area contributed by atoms with Crippen molar-refractivity contribution in [1.29, 1.82) is 0 Å². The lowest BCUT2D eigenvalue weighted by atomic mass is 9.95. The summed E-state index contributed by atoms with van der Waals surface area (Å²) in [4.78, 5) is 6.85. The summed E-state index contributed by atoms with van der Waals surface area (Å²) in [6.45, 7) is 1.85. The maximum Gasteiger partial charge on any atom is 0.0921 e. The van der Waals surface area contributed by atoms with Gasteiger partial charge < -0.3 is 4.98 Å². The van der Waals surface area contributed by atoms with Crippen LogP contribution in [0.1, 0.15) is 39.3 Å². The second kappa shape index (κ2) is 5.17. The summed E-state index contributed by atoms with van der Waals surface area (Å²) in [7, 11) is 0.